The maximum atomic E-state index is 11.0. The molecule has 0 bridgehead atoms. The summed E-state index contributed by atoms with van der Waals surface area (Å²) in [5.41, 5.74) is 0. The van der Waals surface area contributed by atoms with Crippen LogP contribution in [-0.2, 0) is 9.53 Å². The minimum Gasteiger partial charge on any atom is -0.378 e. The summed E-state index contributed by atoms with van der Waals surface area (Å²) in [7, 11) is 3.90. The molecule has 0 aromatic heterocycles. The Labute approximate surface area is 100 Å². The summed E-state index contributed by atoms with van der Waals surface area (Å²) in [6.07, 6.45) is 0. The third-order valence-corrected chi connectivity index (χ3v) is 1.83. The zero-order chi connectivity index (χ0) is 12.4. The molecule has 0 aromatic rings. The van der Waals surface area contributed by atoms with Crippen LogP contribution in [0.5, 0.6) is 0 Å². The van der Waals surface area contributed by atoms with Gasteiger partial charge in [0.25, 0.3) is 0 Å². The second kappa shape index (κ2) is 9.38. The topological polar surface area (TPSA) is 70.7 Å². The average Bonchev–Trinajstić information content (AvgIpc) is 2.22. The molecule has 0 aromatic carbocycles. The monoisotopic (exact) mass is 251 g/mol. The van der Waals surface area contributed by atoms with Crippen LogP contribution in [0.15, 0.2) is 0 Å². The van der Waals surface area contributed by atoms with E-state index in [0.717, 1.165) is 6.54 Å². The summed E-state index contributed by atoms with van der Waals surface area (Å²) in [6.45, 7) is 2.21. The number of urea groups is 1. The highest BCUT2D eigenvalue weighted by molar-refractivity contribution is 6.28. The zero-order valence-electron chi connectivity index (χ0n) is 9.59. The van der Waals surface area contributed by atoms with Crippen LogP contribution in [0.1, 0.15) is 0 Å². The van der Waals surface area contributed by atoms with Crippen LogP contribution >= 0.6 is 11.6 Å². The number of amides is 3. The van der Waals surface area contributed by atoms with Gasteiger partial charge in [-0.25, -0.2) is 4.79 Å². The van der Waals surface area contributed by atoms with Crippen LogP contribution in [0.4, 0.5) is 4.79 Å². The molecule has 2 N–H and O–H groups in total. The van der Waals surface area contributed by atoms with Crippen molar-refractivity contribution in [3.05, 3.63) is 0 Å². The molecule has 3 amide bonds. The lowest BCUT2D eigenvalue weighted by molar-refractivity contribution is -0.117. The maximum absolute atomic E-state index is 11.0. The molecule has 0 fully saturated rings. The van der Waals surface area contributed by atoms with Gasteiger partial charge in [-0.2, -0.15) is 0 Å². The molecule has 0 radical (unpaired) electrons. The summed E-state index contributed by atoms with van der Waals surface area (Å²) in [5, 5.41) is 4.52. The van der Waals surface area contributed by atoms with Crippen LogP contribution in [0.25, 0.3) is 0 Å². The molecule has 0 saturated heterocycles. The molecule has 0 saturated carbocycles. The Hall–Kier alpha value is -0.850. The van der Waals surface area contributed by atoms with E-state index in [1.54, 1.807) is 0 Å². The van der Waals surface area contributed by atoms with Crippen LogP contribution < -0.4 is 10.6 Å². The van der Waals surface area contributed by atoms with Gasteiger partial charge in [-0.3, -0.25) is 10.1 Å². The predicted octanol–water partition coefficient (Wildman–Crippen LogP) is -0.371. The van der Waals surface area contributed by atoms with Crippen LogP contribution in [0.3, 0.4) is 0 Å². The molecule has 0 aliphatic rings. The van der Waals surface area contributed by atoms with Crippen LogP contribution in [0.2, 0.25) is 0 Å². The van der Waals surface area contributed by atoms with Crippen molar-refractivity contribution in [3.63, 3.8) is 0 Å². The summed E-state index contributed by atoms with van der Waals surface area (Å²) < 4.78 is 5.23. The van der Waals surface area contributed by atoms with Crippen molar-refractivity contribution in [1.29, 1.82) is 0 Å². The van der Waals surface area contributed by atoms with Gasteiger partial charge in [-0.05, 0) is 14.1 Å². The molecule has 0 rings (SSSR count). The van der Waals surface area contributed by atoms with Gasteiger partial charge in [0.15, 0.2) is 0 Å². The highest BCUT2D eigenvalue weighted by Crippen LogP contribution is 1.78. The molecular formula is C9H18ClN3O3. The molecule has 0 spiro atoms. The van der Waals surface area contributed by atoms with Crippen molar-refractivity contribution in [1.82, 2.24) is 15.5 Å². The lowest BCUT2D eigenvalue weighted by atomic mass is 10.6. The van der Waals surface area contributed by atoms with E-state index in [0.29, 0.717) is 19.8 Å². The van der Waals surface area contributed by atoms with Crippen molar-refractivity contribution < 1.29 is 14.3 Å². The first-order valence-electron chi connectivity index (χ1n) is 4.92. The summed E-state index contributed by atoms with van der Waals surface area (Å²) >= 11 is 5.21. The van der Waals surface area contributed by atoms with E-state index in [1.807, 2.05) is 19.0 Å². The van der Waals surface area contributed by atoms with E-state index in [-0.39, 0.29) is 5.88 Å². The lowest BCUT2D eigenvalue weighted by Crippen LogP contribution is -2.41. The Kier molecular flexibility index (Phi) is 8.88. The fraction of sp³-hybridized carbons (Fsp3) is 0.778. The van der Waals surface area contributed by atoms with Gasteiger partial charge in [0, 0.05) is 13.1 Å². The minimum atomic E-state index is -0.554. The molecule has 6 nitrogen and oxygen atoms in total. The number of ether oxygens (including phenoxy) is 1. The van der Waals surface area contributed by atoms with E-state index < -0.39 is 11.9 Å². The number of imide groups is 1. The fourth-order valence-corrected chi connectivity index (χ4v) is 0.857. The Morgan fingerprint density at radius 1 is 1.31 bits per heavy atom. The van der Waals surface area contributed by atoms with Crippen LogP contribution in [0, 0.1) is 0 Å². The summed E-state index contributed by atoms with van der Waals surface area (Å²) in [4.78, 5) is 23.7. The summed E-state index contributed by atoms with van der Waals surface area (Å²) in [5.74, 6) is -0.750. The number of nitrogens with one attached hydrogen (secondary N) is 2. The Bertz CT molecular complexity index is 224. The number of carbonyl (C=O) groups is 2. The number of rotatable bonds is 7. The van der Waals surface area contributed by atoms with E-state index in [4.69, 9.17) is 16.3 Å². The second-order valence-corrected chi connectivity index (χ2v) is 3.62. The average molecular weight is 252 g/mol. The van der Waals surface area contributed by atoms with Crippen LogP contribution in [-0.4, -0.2) is 63.1 Å². The fourth-order valence-electron chi connectivity index (χ4n) is 0.790. The zero-order valence-corrected chi connectivity index (χ0v) is 10.3. The SMILES string of the molecule is CN(C)CCOCCNC(=O)NC(=O)CCl. The van der Waals surface area contributed by atoms with Crippen molar-refractivity contribution in [2.75, 3.05) is 46.3 Å². The maximum Gasteiger partial charge on any atom is 0.321 e. The molecule has 16 heavy (non-hydrogen) atoms. The van der Waals surface area contributed by atoms with Gasteiger partial charge in [0.1, 0.15) is 5.88 Å². The van der Waals surface area contributed by atoms with Crippen molar-refractivity contribution >= 4 is 23.5 Å². The van der Waals surface area contributed by atoms with Gasteiger partial charge >= 0.3 is 6.03 Å². The molecule has 94 valence electrons. The first-order chi connectivity index (χ1) is 7.56. The predicted molar refractivity (Wildman–Crippen MR) is 61.6 cm³/mol. The third kappa shape index (κ3) is 9.70. The van der Waals surface area contributed by atoms with E-state index >= 15 is 0 Å². The Balaban J connectivity index is 3.31. The molecule has 0 aliphatic carbocycles. The standard InChI is InChI=1S/C9H18ClN3O3/c1-13(2)4-6-16-5-3-11-9(15)12-8(14)7-10/h3-7H2,1-2H3,(H2,11,12,14,15). The molecule has 0 unspecified atom stereocenters. The minimum absolute atomic E-state index is 0.229. The van der Waals surface area contributed by atoms with Crippen molar-refractivity contribution in [3.8, 4) is 0 Å². The highest BCUT2D eigenvalue weighted by atomic mass is 35.5. The van der Waals surface area contributed by atoms with Gasteiger partial charge < -0.3 is 15.0 Å². The molecular weight excluding hydrogens is 234 g/mol. The first-order valence-corrected chi connectivity index (χ1v) is 5.46. The number of halogens is 1. The number of alkyl halides is 1. The van der Waals surface area contributed by atoms with E-state index in [1.165, 1.54) is 0 Å². The van der Waals surface area contributed by atoms with Gasteiger partial charge in [-0.15, -0.1) is 11.6 Å². The van der Waals surface area contributed by atoms with Crippen molar-refractivity contribution in [2.45, 2.75) is 0 Å². The number of likely N-dealkylation sites (N-methyl/N-ethyl adjacent to an activating group) is 1. The Morgan fingerprint density at radius 3 is 2.56 bits per heavy atom. The largest absolute Gasteiger partial charge is 0.378 e. The van der Waals surface area contributed by atoms with Gasteiger partial charge in [0.2, 0.25) is 5.91 Å². The molecule has 0 heterocycles. The van der Waals surface area contributed by atoms with E-state index in [9.17, 15) is 9.59 Å². The van der Waals surface area contributed by atoms with Crippen molar-refractivity contribution in [2.24, 2.45) is 0 Å². The highest BCUT2D eigenvalue weighted by Gasteiger charge is 2.04. The first kappa shape index (κ1) is 15.2. The second-order valence-electron chi connectivity index (χ2n) is 3.35. The normalized spacial score (nSPS) is 10.2. The lowest BCUT2D eigenvalue weighted by Gasteiger charge is -2.10. The van der Waals surface area contributed by atoms with Gasteiger partial charge in [-0.1, -0.05) is 0 Å². The molecule has 0 aliphatic heterocycles. The summed E-state index contributed by atoms with van der Waals surface area (Å²) in [6, 6.07) is -0.554. The number of hydrogen-bond donors (Lipinski definition) is 2. The quantitative estimate of drug-likeness (QED) is 0.479. The number of nitrogens with zero attached hydrogens (tertiary/aromatic N) is 1. The Morgan fingerprint density at radius 2 is 2.00 bits per heavy atom. The van der Waals surface area contributed by atoms with E-state index in [2.05, 4.69) is 10.6 Å². The molecule has 0 atom stereocenters. The number of hydrogen-bond acceptors (Lipinski definition) is 4. The molecule has 7 heteroatoms. The smallest absolute Gasteiger partial charge is 0.321 e. The number of carbonyl (C=O) groups excluding carboxylic acids is 2. The third-order valence-electron chi connectivity index (χ3n) is 1.59. The van der Waals surface area contributed by atoms with Gasteiger partial charge in [0.05, 0.1) is 13.2 Å².